The van der Waals surface area contributed by atoms with Gasteiger partial charge < -0.3 is 29.4 Å². The molecule has 45 heavy (non-hydrogen) atoms. The smallest absolute Gasteiger partial charge is 0.411 e. The van der Waals surface area contributed by atoms with E-state index in [1.54, 1.807) is 12.1 Å². The van der Waals surface area contributed by atoms with Crippen molar-refractivity contribution in [3.8, 4) is 0 Å². The minimum atomic E-state index is -1.31. The molecule has 4 fully saturated rings. The highest BCUT2D eigenvalue weighted by Gasteiger charge is 2.67. The number of hydrogen-bond donors (Lipinski definition) is 3. The van der Waals surface area contributed by atoms with Gasteiger partial charge in [0.1, 0.15) is 12.2 Å². The van der Waals surface area contributed by atoms with Crippen molar-refractivity contribution in [3.05, 3.63) is 42.5 Å². The highest BCUT2D eigenvalue weighted by atomic mass is 16.7. The van der Waals surface area contributed by atoms with Crippen molar-refractivity contribution in [2.45, 2.75) is 97.2 Å². The molecular weight excluding hydrogens is 572 g/mol. The molecule has 0 spiro atoms. The second-order valence-corrected chi connectivity index (χ2v) is 15.7. The predicted octanol–water partition coefficient (Wildman–Crippen LogP) is 6.52. The van der Waals surface area contributed by atoms with Gasteiger partial charge in [0.05, 0.1) is 18.8 Å². The van der Waals surface area contributed by atoms with E-state index in [0.29, 0.717) is 37.2 Å². The van der Waals surface area contributed by atoms with Crippen LogP contribution in [0.25, 0.3) is 0 Å². The number of carbonyl (C=O) groups is 2. The minimum Gasteiger partial charge on any atom is -0.446 e. The Balaban J connectivity index is 1.26. The van der Waals surface area contributed by atoms with Gasteiger partial charge in [-0.3, -0.25) is 5.32 Å². The zero-order valence-corrected chi connectivity index (χ0v) is 27.7. The van der Waals surface area contributed by atoms with Crippen molar-refractivity contribution >= 4 is 17.9 Å². The van der Waals surface area contributed by atoms with Crippen LogP contribution in [-0.4, -0.2) is 61.7 Å². The highest BCUT2D eigenvalue weighted by molar-refractivity contribution is 5.84. The van der Waals surface area contributed by atoms with Crippen LogP contribution in [0.1, 0.15) is 73.1 Å². The van der Waals surface area contributed by atoms with Crippen LogP contribution in [-0.2, 0) is 18.9 Å². The summed E-state index contributed by atoms with van der Waals surface area (Å²) in [5.74, 6) is 1.51. The summed E-state index contributed by atoms with van der Waals surface area (Å²) in [6.45, 7) is 12.6. The van der Waals surface area contributed by atoms with Crippen LogP contribution in [0.4, 0.5) is 15.3 Å². The molecule has 1 aromatic rings. The van der Waals surface area contributed by atoms with Crippen LogP contribution in [0.2, 0.25) is 0 Å². The Morgan fingerprint density at radius 1 is 0.978 bits per heavy atom. The second kappa shape index (κ2) is 11.9. The molecule has 248 valence electrons. The predicted molar refractivity (Wildman–Crippen MR) is 170 cm³/mol. The lowest BCUT2D eigenvalue weighted by Crippen LogP contribution is -2.67. The number of fused-ring (bicyclic) bond motifs is 5. The number of nitrogens with one attached hydrogen (secondary N) is 2. The number of alkyl carbamates (subject to hydrolysis) is 1. The summed E-state index contributed by atoms with van der Waals surface area (Å²) in [7, 11) is 1.51. The average molecular weight is 625 g/mol. The van der Waals surface area contributed by atoms with Gasteiger partial charge in [0.2, 0.25) is 0 Å². The molecule has 0 aromatic heterocycles. The van der Waals surface area contributed by atoms with Crippen molar-refractivity contribution in [1.82, 2.24) is 5.32 Å². The minimum absolute atomic E-state index is 0.0382. The van der Waals surface area contributed by atoms with E-state index >= 15 is 0 Å². The lowest BCUT2D eigenvalue weighted by molar-refractivity contribution is -0.254. The maximum Gasteiger partial charge on any atom is 0.411 e. The van der Waals surface area contributed by atoms with Gasteiger partial charge in [-0.05, 0) is 66.9 Å². The summed E-state index contributed by atoms with van der Waals surface area (Å²) in [6, 6.07) is 9.20. The van der Waals surface area contributed by atoms with E-state index in [-0.39, 0.29) is 41.3 Å². The summed E-state index contributed by atoms with van der Waals surface area (Å²) in [4.78, 5) is 25.6. The van der Waals surface area contributed by atoms with Gasteiger partial charge in [0.25, 0.3) is 0 Å². The fourth-order valence-corrected chi connectivity index (χ4v) is 10.0. The van der Waals surface area contributed by atoms with E-state index in [1.165, 1.54) is 7.05 Å². The molecule has 1 heterocycles. The van der Waals surface area contributed by atoms with Crippen molar-refractivity contribution in [1.29, 1.82) is 0 Å². The number of benzene rings is 1. The number of anilines is 1. The number of carbonyl (C=O) groups excluding carboxylic acids is 2. The molecule has 1 aromatic carbocycles. The molecule has 9 heteroatoms. The molecule has 3 N–H and O–H groups in total. The van der Waals surface area contributed by atoms with Crippen LogP contribution < -0.4 is 10.6 Å². The number of amides is 2. The first-order chi connectivity index (χ1) is 21.3. The fourth-order valence-electron chi connectivity index (χ4n) is 10.0. The summed E-state index contributed by atoms with van der Waals surface area (Å²) >= 11 is 0. The highest BCUT2D eigenvalue weighted by Crippen LogP contribution is 2.68. The third-order valence-corrected chi connectivity index (χ3v) is 12.5. The molecule has 1 aliphatic heterocycles. The Bertz CT molecular complexity index is 1280. The van der Waals surface area contributed by atoms with Gasteiger partial charge in [-0.25, -0.2) is 9.59 Å². The number of hydrogen-bond acceptors (Lipinski definition) is 7. The Labute approximate surface area is 267 Å². The van der Waals surface area contributed by atoms with E-state index < -0.39 is 35.4 Å². The summed E-state index contributed by atoms with van der Waals surface area (Å²) in [5.41, 5.74) is -1.30. The molecule has 1 saturated heterocycles. The normalized spacial score (nSPS) is 41.1. The Morgan fingerprint density at radius 3 is 2.38 bits per heavy atom. The standard InChI is InChI=1S/C36H52N2O7/c1-22(30-42-20-33(2,3)21-43-30)26-12-13-27-25-14-17-36(41)19-24(44-31(39)37-6)18-29(35(36,5)28(25)15-16-34(26,27)4)45-32(40)38-23-10-8-7-9-11-23/h7-11,14,17,22,24-30,41H,12-13,15-16,18-21H2,1-6H3,(H,37,39)(H,38,40)/t22?,24-,25-,26+,27-,28-,29-,34+,35-,36+/m0/s1. The number of allylic oxidation sites excluding steroid dienone is 1. The second-order valence-electron chi connectivity index (χ2n) is 15.7. The van der Waals surface area contributed by atoms with Gasteiger partial charge >= 0.3 is 12.2 Å². The zero-order valence-electron chi connectivity index (χ0n) is 27.7. The first-order valence-electron chi connectivity index (χ1n) is 16.9. The van der Waals surface area contributed by atoms with E-state index in [4.69, 9.17) is 18.9 Å². The molecule has 9 nitrogen and oxygen atoms in total. The van der Waals surface area contributed by atoms with E-state index in [0.717, 1.165) is 25.7 Å². The van der Waals surface area contributed by atoms with Gasteiger partial charge in [0.15, 0.2) is 6.29 Å². The molecule has 6 rings (SSSR count). The molecule has 0 radical (unpaired) electrons. The van der Waals surface area contributed by atoms with Crippen molar-refractivity contribution < 1.29 is 33.6 Å². The van der Waals surface area contributed by atoms with Gasteiger partial charge in [-0.1, -0.05) is 65.0 Å². The SMILES string of the molecule is CNC(=O)O[C@H]1C[C@H](OC(=O)Nc2ccccc2)[C@]2(C)[C@H]3CC[C@]4(C)[C@@H](C(C)C5OCC(C)(C)CO5)CC[C@H]4[C@@H]3C=C[C@@]2(O)C1. The van der Waals surface area contributed by atoms with E-state index in [2.05, 4.69) is 51.3 Å². The molecule has 1 unspecified atom stereocenters. The molecule has 0 bridgehead atoms. The Hall–Kier alpha value is -2.62. The average Bonchev–Trinajstić information content (AvgIpc) is 3.35. The molecule has 3 saturated carbocycles. The molecule has 4 aliphatic carbocycles. The molecule has 2 amide bonds. The molecule has 5 aliphatic rings. The molecular formula is C36H52N2O7. The lowest BCUT2D eigenvalue weighted by atomic mass is 9.44. The third kappa shape index (κ3) is 5.67. The van der Waals surface area contributed by atoms with Crippen LogP contribution in [0, 0.1) is 45.8 Å². The lowest BCUT2D eigenvalue weighted by Gasteiger charge is -2.63. The van der Waals surface area contributed by atoms with Crippen molar-refractivity contribution in [2.24, 2.45) is 45.8 Å². The molecule has 10 atom stereocenters. The van der Waals surface area contributed by atoms with Gasteiger partial charge in [0, 0.05) is 42.3 Å². The summed E-state index contributed by atoms with van der Waals surface area (Å²) < 4.78 is 24.5. The number of para-hydroxylation sites is 1. The third-order valence-electron chi connectivity index (χ3n) is 12.5. The summed E-state index contributed by atoms with van der Waals surface area (Å²) in [5, 5.41) is 17.8. The van der Waals surface area contributed by atoms with E-state index in [9.17, 15) is 14.7 Å². The first-order valence-corrected chi connectivity index (χ1v) is 16.9. The van der Waals surface area contributed by atoms with Gasteiger partial charge in [-0.2, -0.15) is 0 Å². The van der Waals surface area contributed by atoms with Crippen LogP contribution >= 0.6 is 0 Å². The topological polar surface area (TPSA) is 115 Å². The van der Waals surface area contributed by atoms with Crippen molar-refractivity contribution in [2.75, 3.05) is 25.6 Å². The number of ether oxygens (including phenoxy) is 4. The maximum atomic E-state index is 13.3. The Kier molecular flexibility index (Phi) is 8.53. The monoisotopic (exact) mass is 624 g/mol. The number of aliphatic hydroxyl groups is 1. The van der Waals surface area contributed by atoms with Crippen LogP contribution in [0.5, 0.6) is 0 Å². The summed E-state index contributed by atoms with van der Waals surface area (Å²) in [6.07, 6.45) is 6.31. The van der Waals surface area contributed by atoms with E-state index in [1.807, 2.05) is 24.3 Å². The largest absolute Gasteiger partial charge is 0.446 e. The quantitative estimate of drug-likeness (QED) is 0.320. The maximum absolute atomic E-state index is 13.3. The van der Waals surface area contributed by atoms with Crippen LogP contribution in [0.3, 0.4) is 0 Å². The van der Waals surface area contributed by atoms with Crippen LogP contribution in [0.15, 0.2) is 42.5 Å². The van der Waals surface area contributed by atoms with Crippen molar-refractivity contribution in [3.63, 3.8) is 0 Å². The van der Waals surface area contributed by atoms with Gasteiger partial charge in [-0.15, -0.1) is 0 Å². The Morgan fingerprint density at radius 2 is 1.69 bits per heavy atom. The first kappa shape index (κ1) is 32.3. The fraction of sp³-hybridized carbons (Fsp3) is 0.722. The zero-order chi connectivity index (χ0) is 32.2. The number of rotatable bonds is 5.